The molecule has 0 aliphatic heterocycles. The van der Waals surface area contributed by atoms with Crippen molar-refractivity contribution >= 4 is 28.1 Å². The number of halogens is 1. The summed E-state index contributed by atoms with van der Waals surface area (Å²) in [4.78, 5) is 26.8. The first-order valence-electron chi connectivity index (χ1n) is 6.44. The van der Waals surface area contributed by atoms with Crippen LogP contribution in [-0.4, -0.2) is 22.3 Å². The molecule has 1 amide bonds. The number of rotatable bonds is 5. The van der Waals surface area contributed by atoms with Gasteiger partial charge in [-0.15, -0.1) is 0 Å². The van der Waals surface area contributed by atoms with Crippen LogP contribution in [-0.2, 0) is 6.54 Å². The van der Waals surface area contributed by atoms with Gasteiger partial charge in [-0.25, -0.2) is 5.43 Å². The molecular formula is C15H14BrN3O3. The zero-order chi connectivity index (χ0) is 16.1. The van der Waals surface area contributed by atoms with Crippen LogP contribution >= 0.6 is 15.9 Å². The summed E-state index contributed by atoms with van der Waals surface area (Å²) in [5.74, 6) is -0.375. The molecule has 0 saturated carbocycles. The molecule has 1 heterocycles. The van der Waals surface area contributed by atoms with E-state index in [9.17, 15) is 14.7 Å². The zero-order valence-corrected chi connectivity index (χ0v) is 13.3. The van der Waals surface area contributed by atoms with E-state index in [1.807, 2.05) is 0 Å². The van der Waals surface area contributed by atoms with E-state index in [1.54, 1.807) is 31.2 Å². The number of carbonyl (C=O) groups excluding carboxylic acids is 2. The Morgan fingerprint density at radius 2 is 2.05 bits per heavy atom. The van der Waals surface area contributed by atoms with Crippen molar-refractivity contribution in [2.24, 2.45) is 0 Å². The first-order valence-corrected chi connectivity index (χ1v) is 7.23. The zero-order valence-electron chi connectivity index (χ0n) is 11.8. The van der Waals surface area contributed by atoms with Crippen molar-refractivity contribution in [3.63, 3.8) is 0 Å². The Balaban J connectivity index is 2.02. The Bertz CT molecular complexity index is 702. The summed E-state index contributed by atoms with van der Waals surface area (Å²) in [7, 11) is 0. The SMILES string of the molecule is Cc1ncc(C=O)c(CNNC(=O)c2ccc(Br)cc2)c1O. The molecule has 3 N–H and O–H groups in total. The molecule has 0 spiro atoms. The van der Waals surface area contributed by atoms with E-state index < -0.39 is 0 Å². The van der Waals surface area contributed by atoms with Crippen LogP contribution in [0.2, 0.25) is 0 Å². The summed E-state index contributed by atoms with van der Waals surface area (Å²) in [6, 6.07) is 6.87. The lowest BCUT2D eigenvalue weighted by atomic mass is 10.1. The third-order valence-corrected chi connectivity index (χ3v) is 3.60. The predicted molar refractivity (Wildman–Crippen MR) is 84.5 cm³/mol. The van der Waals surface area contributed by atoms with Gasteiger partial charge in [0.25, 0.3) is 5.91 Å². The summed E-state index contributed by atoms with van der Waals surface area (Å²) in [5.41, 5.74) is 6.78. The Kier molecular flexibility index (Phi) is 5.24. The van der Waals surface area contributed by atoms with Gasteiger partial charge in [0.1, 0.15) is 5.75 Å². The van der Waals surface area contributed by atoms with Crippen LogP contribution in [0.3, 0.4) is 0 Å². The number of aromatic hydroxyl groups is 1. The lowest BCUT2D eigenvalue weighted by molar-refractivity contribution is 0.0932. The number of benzene rings is 1. The predicted octanol–water partition coefficient (Wildman–Crippen LogP) is 2.11. The fourth-order valence-corrected chi connectivity index (χ4v) is 2.10. The molecule has 7 heteroatoms. The molecule has 0 fully saturated rings. The van der Waals surface area contributed by atoms with Crippen molar-refractivity contribution in [2.45, 2.75) is 13.5 Å². The van der Waals surface area contributed by atoms with Crippen LogP contribution in [0.1, 0.15) is 32.0 Å². The first kappa shape index (κ1) is 16.1. The van der Waals surface area contributed by atoms with Gasteiger partial charge >= 0.3 is 0 Å². The van der Waals surface area contributed by atoms with E-state index in [0.29, 0.717) is 23.1 Å². The number of amides is 1. The van der Waals surface area contributed by atoms with Gasteiger partial charge in [-0.1, -0.05) is 15.9 Å². The van der Waals surface area contributed by atoms with E-state index in [-0.39, 0.29) is 23.8 Å². The van der Waals surface area contributed by atoms with E-state index in [0.717, 1.165) is 4.47 Å². The number of aromatic nitrogens is 1. The average molecular weight is 364 g/mol. The van der Waals surface area contributed by atoms with Crippen molar-refractivity contribution in [1.29, 1.82) is 0 Å². The van der Waals surface area contributed by atoms with Gasteiger partial charge in [-0.05, 0) is 31.2 Å². The number of hydrogen-bond donors (Lipinski definition) is 3. The third-order valence-electron chi connectivity index (χ3n) is 3.07. The van der Waals surface area contributed by atoms with Crippen molar-refractivity contribution in [3.05, 3.63) is 57.3 Å². The maximum atomic E-state index is 11.9. The van der Waals surface area contributed by atoms with Crippen molar-refractivity contribution in [1.82, 2.24) is 15.8 Å². The number of carbonyl (C=O) groups is 2. The second kappa shape index (κ2) is 7.15. The van der Waals surface area contributed by atoms with Gasteiger partial charge < -0.3 is 5.11 Å². The van der Waals surface area contributed by atoms with E-state index >= 15 is 0 Å². The Morgan fingerprint density at radius 1 is 1.36 bits per heavy atom. The van der Waals surface area contributed by atoms with Crippen LogP contribution in [0, 0.1) is 6.92 Å². The molecule has 1 aromatic carbocycles. The van der Waals surface area contributed by atoms with Crippen LogP contribution < -0.4 is 10.9 Å². The number of hydrogen-bond acceptors (Lipinski definition) is 5. The lowest BCUT2D eigenvalue weighted by Crippen LogP contribution is -2.37. The van der Waals surface area contributed by atoms with Crippen LogP contribution in [0.4, 0.5) is 0 Å². The standard InChI is InChI=1S/C15H14BrN3O3/c1-9-14(21)13(11(8-20)6-17-9)7-18-19-15(22)10-2-4-12(16)5-3-10/h2-6,8,18,21H,7H2,1H3,(H,19,22). The summed E-state index contributed by atoms with van der Waals surface area (Å²) >= 11 is 3.29. The summed E-state index contributed by atoms with van der Waals surface area (Å²) in [5, 5.41) is 9.94. The number of hydrazine groups is 1. The average Bonchev–Trinajstić information content (AvgIpc) is 2.52. The first-order chi connectivity index (χ1) is 10.5. The summed E-state index contributed by atoms with van der Waals surface area (Å²) in [6.45, 7) is 1.74. The Labute approximate surface area is 135 Å². The van der Waals surface area contributed by atoms with Crippen LogP contribution in [0.5, 0.6) is 5.75 Å². The molecule has 0 bridgehead atoms. The molecule has 0 atom stereocenters. The minimum Gasteiger partial charge on any atom is -0.506 e. The molecule has 1 aromatic heterocycles. The van der Waals surface area contributed by atoms with Crippen LogP contribution in [0.25, 0.3) is 0 Å². The largest absolute Gasteiger partial charge is 0.506 e. The fraction of sp³-hybridized carbons (Fsp3) is 0.133. The maximum Gasteiger partial charge on any atom is 0.265 e. The number of nitrogens with one attached hydrogen (secondary N) is 2. The normalized spacial score (nSPS) is 10.3. The van der Waals surface area contributed by atoms with Gasteiger partial charge in [0.15, 0.2) is 6.29 Å². The van der Waals surface area contributed by atoms with Crippen LogP contribution in [0.15, 0.2) is 34.9 Å². The van der Waals surface area contributed by atoms with Gasteiger partial charge in [0, 0.05) is 33.9 Å². The monoisotopic (exact) mass is 363 g/mol. The maximum absolute atomic E-state index is 11.9. The van der Waals surface area contributed by atoms with Crippen molar-refractivity contribution < 1.29 is 14.7 Å². The van der Waals surface area contributed by atoms with E-state index in [4.69, 9.17) is 0 Å². The number of nitrogens with zero attached hydrogens (tertiary/aromatic N) is 1. The van der Waals surface area contributed by atoms with Gasteiger partial charge in [0.05, 0.1) is 5.69 Å². The summed E-state index contributed by atoms with van der Waals surface area (Å²) in [6.07, 6.45) is 2.00. The van der Waals surface area contributed by atoms with Gasteiger partial charge in [0.2, 0.25) is 0 Å². The molecule has 22 heavy (non-hydrogen) atoms. The highest BCUT2D eigenvalue weighted by atomic mass is 79.9. The van der Waals surface area contributed by atoms with Gasteiger partial charge in [-0.3, -0.25) is 20.0 Å². The molecule has 114 valence electrons. The topological polar surface area (TPSA) is 91.3 Å². The van der Waals surface area contributed by atoms with E-state index in [1.165, 1.54) is 6.20 Å². The number of pyridine rings is 1. The van der Waals surface area contributed by atoms with E-state index in [2.05, 4.69) is 31.8 Å². The minimum absolute atomic E-state index is 0.0602. The molecule has 2 rings (SSSR count). The Hall–Kier alpha value is -2.25. The fourth-order valence-electron chi connectivity index (χ4n) is 1.83. The second-order valence-electron chi connectivity index (χ2n) is 4.56. The van der Waals surface area contributed by atoms with Crippen molar-refractivity contribution in [3.8, 4) is 5.75 Å². The molecule has 0 aliphatic rings. The second-order valence-corrected chi connectivity index (χ2v) is 5.47. The third kappa shape index (κ3) is 3.69. The smallest absolute Gasteiger partial charge is 0.265 e. The van der Waals surface area contributed by atoms with Gasteiger partial charge in [-0.2, -0.15) is 0 Å². The highest BCUT2D eigenvalue weighted by Gasteiger charge is 2.12. The Morgan fingerprint density at radius 3 is 2.68 bits per heavy atom. The quantitative estimate of drug-likeness (QED) is 0.558. The lowest BCUT2D eigenvalue weighted by Gasteiger charge is -2.11. The van der Waals surface area contributed by atoms with Crippen molar-refractivity contribution in [2.75, 3.05) is 0 Å². The molecule has 0 aliphatic carbocycles. The number of aryl methyl sites for hydroxylation is 1. The molecule has 0 unspecified atom stereocenters. The molecule has 0 saturated heterocycles. The number of aldehydes is 1. The molecule has 0 radical (unpaired) electrons. The highest BCUT2D eigenvalue weighted by Crippen LogP contribution is 2.22. The molecule has 2 aromatic rings. The summed E-state index contributed by atoms with van der Waals surface area (Å²) < 4.78 is 0.879. The molecular weight excluding hydrogens is 350 g/mol. The molecule has 6 nitrogen and oxygen atoms in total. The highest BCUT2D eigenvalue weighted by molar-refractivity contribution is 9.10. The minimum atomic E-state index is -0.314.